The van der Waals surface area contributed by atoms with E-state index in [-0.39, 0.29) is 29.8 Å². The molecule has 108 valence electrons. The summed E-state index contributed by atoms with van der Waals surface area (Å²) in [6.07, 6.45) is 2.78. The van der Waals surface area contributed by atoms with Crippen LogP contribution in [0.3, 0.4) is 0 Å². The number of ether oxygens (including phenoxy) is 1. The van der Waals surface area contributed by atoms with Crippen LogP contribution in [0.15, 0.2) is 0 Å². The lowest BCUT2D eigenvalue weighted by molar-refractivity contribution is -0.170. The van der Waals surface area contributed by atoms with Gasteiger partial charge in [0.15, 0.2) is 0 Å². The first kappa shape index (κ1) is 17.7. The quantitative estimate of drug-likeness (QED) is 0.729. The molecule has 0 spiro atoms. The monoisotopic (exact) mass is 278 g/mol. The highest BCUT2D eigenvalue weighted by atomic mass is 35.5. The zero-order valence-electron chi connectivity index (χ0n) is 11.9. The van der Waals surface area contributed by atoms with Gasteiger partial charge in [0.25, 0.3) is 0 Å². The van der Waals surface area contributed by atoms with Crippen molar-refractivity contribution in [2.24, 2.45) is 11.1 Å². The molecular formula is C13H27ClN2O2. The minimum absolute atomic E-state index is 0. The lowest BCUT2D eigenvalue weighted by Crippen LogP contribution is -2.75. The molecule has 1 rings (SSSR count). The number of nitrogens with two attached hydrogens (primary N) is 1. The van der Waals surface area contributed by atoms with Crippen LogP contribution in [0.1, 0.15) is 47.0 Å². The minimum atomic E-state index is -0.777. The summed E-state index contributed by atoms with van der Waals surface area (Å²) in [5.41, 5.74) is 5.17. The second kappa shape index (κ2) is 6.73. The molecule has 1 amide bonds. The standard InChI is InChI=1S/C13H26N2O2.ClH/c1-5-7-8-15-11(16)13(14)9-10(17-6-2)12(13,3)4;/h10H,5-9,14H2,1-4H3,(H,15,16);1H. The van der Waals surface area contributed by atoms with E-state index < -0.39 is 5.54 Å². The van der Waals surface area contributed by atoms with Crippen molar-refractivity contribution in [3.63, 3.8) is 0 Å². The van der Waals surface area contributed by atoms with Gasteiger partial charge in [-0.3, -0.25) is 4.79 Å². The molecule has 1 fully saturated rings. The van der Waals surface area contributed by atoms with E-state index in [1.807, 2.05) is 20.8 Å². The molecule has 0 aromatic carbocycles. The summed E-state index contributed by atoms with van der Waals surface area (Å²) >= 11 is 0. The Morgan fingerprint density at radius 2 is 2.06 bits per heavy atom. The second-order valence-electron chi connectivity index (χ2n) is 5.45. The van der Waals surface area contributed by atoms with Crippen molar-refractivity contribution in [2.45, 2.75) is 58.6 Å². The van der Waals surface area contributed by atoms with Crippen molar-refractivity contribution < 1.29 is 9.53 Å². The lowest BCUT2D eigenvalue weighted by Gasteiger charge is -2.57. The predicted molar refractivity (Wildman–Crippen MR) is 75.9 cm³/mol. The molecule has 5 heteroatoms. The van der Waals surface area contributed by atoms with E-state index in [0.717, 1.165) is 12.8 Å². The first-order chi connectivity index (χ1) is 7.90. The van der Waals surface area contributed by atoms with E-state index in [1.54, 1.807) is 0 Å². The number of rotatable bonds is 6. The van der Waals surface area contributed by atoms with Crippen LogP contribution in [0.2, 0.25) is 0 Å². The average molecular weight is 279 g/mol. The second-order valence-corrected chi connectivity index (χ2v) is 5.45. The zero-order valence-corrected chi connectivity index (χ0v) is 12.7. The Kier molecular flexibility index (Phi) is 6.61. The average Bonchev–Trinajstić information content (AvgIpc) is 2.28. The van der Waals surface area contributed by atoms with Crippen molar-refractivity contribution in [2.75, 3.05) is 13.2 Å². The van der Waals surface area contributed by atoms with E-state index in [9.17, 15) is 4.79 Å². The fraction of sp³-hybridized carbons (Fsp3) is 0.923. The summed E-state index contributed by atoms with van der Waals surface area (Å²) in [6.45, 7) is 9.47. The van der Waals surface area contributed by atoms with Crippen LogP contribution in [0, 0.1) is 5.41 Å². The molecule has 0 saturated heterocycles. The van der Waals surface area contributed by atoms with Gasteiger partial charge in [-0.15, -0.1) is 12.4 Å². The van der Waals surface area contributed by atoms with Gasteiger partial charge in [-0.05, 0) is 13.3 Å². The number of carbonyl (C=O) groups is 1. The Balaban J connectivity index is 0.00000289. The van der Waals surface area contributed by atoms with Crippen molar-refractivity contribution in [1.82, 2.24) is 5.32 Å². The van der Waals surface area contributed by atoms with Gasteiger partial charge in [-0.25, -0.2) is 0 Å². The third-order valence-electron chi connectivity index (χ3n) is 4.05. The Bertz CT molecular complexity index is 284. The SMILES string of the molecule is CCCCNC(=O)C1(N)CC(OCC)C1(C)C.Cl. The van der Waals surface area contributed by atoms with Gasteiger partial charge in [-0.2, -0.15) is 0 Å². The highest BCUT2D eigenvalue weighted by molar-refractivity contribution is 5.88. The number of hydrogen-bond donors (Lipinski definition) is 2. The number of amides is 1. The molecule has 2 atom stereocenters. The molecule has 4 nitrogen and oxygen atoms in total. The van der Waals surface area contributed by atoms with Gasteiger partial charge in [0.05, 0.1) is 6.10 Å². The third-order valence-corrected chi connectivity index (χ3v) is 4.05. The topological polar surface area (TPSA) is 64.4 Å². The van der Waals surface area contributed by atoms with Crippen molar-refractivity contribution >= 4 is 18.3 Å². The van der Waals surface area contributed by atoms with Gasteiger partial charge < -0.3 is 15.8 Å². The lowest BCUT2D eigenvalue weighted by atomic mass is 9.54. The summed E-state index contributed by atoms with van der Waals surface area (Å²) in [5, 5.41) is 2.92. The first-order valence-electron chi connectivity index (χ1n) is 6.59. The van der Waals surface area contributed by atoms with Gasteiger partial charge in [-0.1, -0.05) is 27.2 Å². The summed E-state index contributed by atoms with van der Waals surface area (Å²) < 4.78 is 5.60. The summed E-state index contributed by atoms with van der Waals surface area (Å²) in [4.78, 5) is 12.1. The Labute approximate surface area is 116 Å². The van der Waals surface area contributed by atoms with Crippen LogP contribution in [0.4, 0.5) is 0 Å². The summed E-state index contributed by atoms with van der Waals surface area (Å²) in [5.74, 6) is -0.0353. The van der Waals surface area contributed by atoms with E-state index in [2.05, 4.69) is 12.2 Å². The van der Waals surface area contributed by atoms with E-state index in [4.69, 9.17) is 10.5 Å². The number of hydrogen-bond acceptors (Lipinski definition) is 3. The molecule has 0 bridgehead atoms. The maximum absolute atomic E-state index is 12.1. The fourth-order valence-corrected chi connectivity index (χ4v) is 2.36. The summed E-state index contributed by atoms with van der Waals surface area (Å²) in [6, 6.07) is 0. The van der Waals surface area contributed by atoms with E-state index in [0.29, 0.717) is 19.6 Å². The Morgan fingerprint density at radius 3 is 2.50 bits per heavy atom. The van der Waals surface area contributed by atoms with Gasteiger partial charge in [0.1, 0.15) is 5.54 Å². The number of carbonyl (C=O) groups excluding carboxylic acids is 1. The highest BCUT2D eigenvalue weighted by Gasteiger charge is 2.62. The molecule has 0 radical (unpaired) electrons. The molecule has 0 heterocycles. The molecule has 1 aliphatic carbocycles. The zero-order chi connectivity index (χ0) is 13.1. The maximum atomic E-state index is 12.1. The molecule has 1 aliphatic rings. The smallest absolute Gasteiger partial charge is 0.240 e. The molecule has 0 aromatic rings. The minimum Gasteiger partial charge on any atom is -0.378 e. The highest BCUT2D eigenvalue weighted by Crippen LogP contribution is 2.49. The molecule has 2 unspecified atom stereocenters. The first-order valence-corrected chi connectivity index (χ1v) is 6.59. The number of unbranched alkanes of at least 4 members (excludes halogenated alkanes) is 1. The van der Waals surface area contributed by atoms with Crippen molar-refractivity contribution in [3.8, 4) is 0 Å². The fourth-order valence-electron chi connectivity index (χ4n) is 2.36. The number of nitrogens with one attached hydrogen (secondary N) is 1. The molecular weight excluding hydrogens is 252 g/mol. The van der Waals surface area contributed by atoms with Crippen LogP contribution in [-0.4, -0.2) is 30.7 Å². The maximum Gasteiger partial charge on any atom is 0.240 e. The molecule has 3 N–H and O–H groups in total. The van der Waals surface area contributed by atoms with Crippen molar-refractivity contribution in [1.29, 1.82) is 0 Å². The summed E-state index contributed by atoms with van der Waals surface area (Å²) in [7, 11) is 0. The van der Waals surface area contributed by atoms with E-state index >= 15 is 0 Å². The van der Waals surface area contributed by atoms with Gasteiger partial charge in [0.2, 0.25) is 5.91 Å². The third kappa shape index (κ3) is 2.98. The Hall–Kier alpha value is -0.320. The van der Waals surface area contributed by atoms with Crippen LogP contribution in [-0.2, 0) is 9.53 Å². The van der Waals surface area contributed by atoms with Gasteiger partial charge in [0, 0.05) is 25.0 Å². The molecule has 1 saturated carbocycles. The van der Waals surface area contributed by atoms with E-state index in [1.165, 1.54) is 0 Å². The van der Waals surface area contributed by atoms with Crippen molar-refractivity contribution in [3.05, 3.63) is 0 Å². The number of halogens is 1. The largest absolute Gasteiger partial charge is 0.378 e. The predicted octanol–water partition coefficient (Wildman–Crippen LogP) is 1.86. The van der Waals surface area contributed by atoms with Crippen LogP contribution in [0.5, 0.6) is 0 Å². The van der Waals surface area contributed by atoms with Gasteiger partial charge >= 0.3 is 0 Å². The van der Waals surface area contributed by atoms with Crippen LogP contribution in [0.25, 0.3) is 0 Å². The van der Waals surface area contributed by atoms with Crippen LogP contribution >= 0.6 is 12.4 Å². The normalized spacial score (nSPS) is 29.1. The van der Waals surface area contributed by atoms with Crippen LogP contribution < -0.4 is 11.1 Å². The molecule has 0 aliphatic heterocycles. The molecule has 0 aromatic heterocycles. The molecule has 18 heavy (non-hydrogen) atoms. The Morgan fingerprint density at radius 1 is 1.44 bits per heavy atom.